The second-order valence-electron chi connectivity index (χ2n) is 5.61. The first-order valence-corrected chi connectivity index (χ1v) is 6.68. The minimum Gasteiger partial charge on any atom is -0.477 e. The topological polar surface area (TPSA) is 75.6 Å². The van der Waals surface area contributed by atoms with E-state index in [-0.39, 0.29) is 16.3 Å². The van der Waals surface area contributed by atoms with E-state index in [2.05, 4.69) is 5.32 Å². The normalized spacial score (nSPS) is 11.9. The number of carboxylic acid groups (broad SMARTS) is 1. The highest BCUT2D eigenvalue weighted by atomic mass is 35.5. The van der Waals surface area contributed by atoms with Crippen molar-refractivity contribution in [1.29, 1.82) is 0 Å². The van der Waals surface area contributed by atoms with Crippen LogP contribution in [0.2, 0.25) is 5.02 Å². The zero-order valence-electron chi connectivity index (χ0n) is 12.2. The number of aliphatic carboxylic acids is 1. The number of halogens is 3. The van der Waals surface area contributed by atoms with Gasteiger partial charge in [-0.15, -0.1) is 0 Å². The number of carboxylic acids is 1. The Bertz CT molecular complexity index is 585. The maximum absolute atomic E-state index is 13.3. The van der Waals surface area contributed by atoms with E-state index in [4.69, 9.17) is 21.4 Å². The monoisotopic (exact) mass is 335 g/mol. The maximum atomic E-state index is 13.3. The van der Waals surface area contributed by atoms with Gasteiger partial charge in [-0.25, -0.2) is 9.59 Å². The van der Waals surface area contributed by atoms with Crippen molar-refractivity contribution in [1.82, 2.24) is 0 Å². The van der Waals surface area contributed by atoms with Crippen molar-refractivity contribution in [2.75, 3.05) is 5.32 Å². The molecule has 0 aliphatic rings. The van der Waals surface area contributed by atoms with Crippen LogP contribution in [0, 0.1) is 0 Å². The van der Waals surface area contributed by atoms with Gasteiger partial charge in [0.25, 0.3) is 0 Å². The molecule has 0 spiro atoms. The summed E-state index contributed by atoms with van der Waals surface area (Å²) in [5, 5.41) is 11.0. The smallest absolute Gasteiger partial charge is 0.412 e. The van der Waals surface area contributed by atoms with Crippen molar-refractivity contribution in [2.45, 2.75) is 38.7 Å². The van der Waals surface area contributed by atoms with Crippen LogP contribution in [0.1, 0.15) is 26.3 Å². The molecule has 0 aliphatic carbocycles. The van der Waals surface area contributed by atoms with Crippen LogP contribution in [-0.4, -0.2) is 28.7 Å². The first kappa shape index (κ1) is 18.2. The predicted molar refractivity (Wildman–Crippen MR) is 77.6 cm³/mol. The Kier molecular flexibility index (Phi) is 5.35. The van der Waals surface area contributed by atoms with Crippen LogP contribution in [0.3, 0.4) is 0 Å². The van der Waals surface area contributed by atoms with E-state index in [9.17, 15) is 18.4 Å². The van der Waals surface area contributed by atoms with Crippen LogP contribution in [0.15, 0.2) is 18.2 Å². The Morgan fingerprint density at radius 3 is 2.41 bits per heavy atom. The number of alkyl halides is 2. The average Bonchev–Trinajstić information content (AvgIpc) is 2.29. The predicted octanol–water partition coefficient (Wildman–Crippen LogP) is 3.95. The summed E-state index contributed by atoms with van der Waals surface area (Å²) in [5.74, 6) is -6.20. The zero-order valence-corrected chi connectivity index (χ0v) is 13.0. The molecule has 0 atom stereocenters. The highest BCUT2D eigenvalue weighted by Crippen LogP contribution is 2.28. The van der Waals surface area contributed by atoms with Gasteiger partial charge < -0.3 is 9.84 Å². The summed E-state index contributed by atoms with van der Waals surface area (Å²) >= 11 is 5.77. The minimum atomic E-state index is -3.96. The average molecular weight is 336 g/mol. The Hall–Kier alpha value is -1.89. The highest BCUT2D eigenvalue weighted by Gasteiger charge is 2.39. The lowest BCUT2D eigenvalue weighted by Gasteiger charge is -2.21. The molecule has 2 N–H and O–H groups in total. The molecule has 0 bridgehead atoms. The molecule has 8 heteroatoms. The summed E-state index contributed by atoms with van der Waals surface area (Å²) in [5.41, 5.74) is -0.862. The molecule has 0 aliphatic heterocycles. The van der Waals surface area contributed by atoms with E-state index in [1.165, 1.54) is 18.2 Å². The number of rotatable bonds is 4. The van der Waals surface area contributed by atoms with Crippen molar-refractivity contribution in [3.05, 3.63) is 28.8 Å². The number of hydrogen-bond acceptors (Lipinski definition) is 3. The number of hydrogen-bond donors (Lipinski definition) is 2. The summed E-state index contributed by atoms with van der Waals surface area (Å²) in [6, 6.07) is 3.81. The van der Waals surface area contributed by atoms with E-state index >= 15 is 0 Å². The first-order chi connectivity index (χ1) is 9.90. The maximum Gasteiger partial charge on any atom is 0.412 e. The van der Waals surface area contributed by atoms with Crippen molar-refractivity contribution >= 4 is 29.4 Å². The molecule has 0 saturated carbocycles. The molecular formula is C14H16ClF2NO4. The van der Waals surface area contributed by atoms with Crippen LogP contribution in [0.4, 0.5) is 19.3 Å². The molecule has 1 rings (SSSR count). The Labute approximate surface area is 131 Å². The van der Waals surface area contributed by atoms with Gasteiger partial charge in [0.15, 0.2) is 0 Å². The largest absolute Gasteiger partial charge is 0.477 e. The molecule has 0 heterocycles. The third kappa shape index (κ3) is 5.48. The Balaban J connectivity index is 3.01. The van der Waals surface area contributed by atoms with Gasteiger partial charge in [-0.05, 0) is 38.5 Å². The summed E-state index contributed by atoms with van der Waals surface area (Å²) in [4.78, 5) is 22.2. The summed E-state index contributed by atoms with van der Waals surface area (Å²) < 4.78 is 31.7. The van der Waals surface area contributed by atoms with E-state index in [1.54, 1.807) is 20.8 Å². The minimum absolute atomic E-state index is 0.0253. The van der Waals surface area contributed by atoms with Crippen LogP contribution >= 0.6 is 11.6 Å². The molecule has 0 saturated heterocycles. The number of carbonyl (C=O) groups excluding carboxylic acids is 1. The zero-order chi connectivity index (χ0) is 17.1. The number of amides is 1. The second kappa shape index (κ2) is 6.48. The fourth-order valence-corrected chi connectivity index (χ4v) is 1.72. The lowest BCUT2D eigenvalue weighted by Crippen LogP contribution is -2.31. The summed E-state index contributed by atoms with van der Waals surface area (Å²) in [6.45, 7) is 4.93. The van der Waals surface area contributed by atoms with Gasteiger partial charge in [0, 0.05) is 17.1 Å². The number of anilines is 1. The SMILES string of the molecule is CC(C)(C)OC(=O)Nc1cc(Cl)ccc1CC(F)(F)C(=O)O. The summed E-state index contributed by atoms with van der Waals surface area (Å²) in [6.07, 6.45) is -1.93. The Morgan fingerprint density at radius 2 is 1.91 bits per heavy atom. The van der Waals surface area contributed by atoms with Crippen LogP contribution in [0.25, 0.3) is 0 Å². The highest BCUT2D eigenvalue weighted by molar-refractivity contribution is 6.31. The number of ether oxygens (including phenoxy) is 1. The second-order valence-corrected chi connectivity index (χ2v) is 6.05. The molecular weight excluding hydrogens is 320 g/mol. The molecule has 22 heavy (non-hydrogen) atoms. The van der Waals surface area contributed by atoms with Crippen LogP contribution in [-0.2, 0) is 16.0 Å². The molecule has 0 aromatic heterocycles. The van der Waals surface area contributed by atoms with Crippen LogP contribution in [0.5, 0.6) is 0 Å². The number of nitrogens with one attached hydrogen (secondary N) is 1. The lowest BCUT2D eigenvalue weighted by atomic mass is 10.1. The fraction of sp³-hybridized carbons (Fsp3) is 0.429. The molecule has 1 aromatic carbocycles. The standard InChI is InChI=1S/C14H16ClF2NO4/c1-13(2,3)22-12(21)18-10-6-9(15)5-4-8(10)7-14(16,17)11(19)20/h4-6H,7H2,1-3H3,(H,18,21)(H,19,20). The Morgan fingerprint density at radius 1 is 1.32 bits per heavy atom. The van der Waals surface area contributed by atoms with E-state index in [0.29, 0.717) is 0 Å². The number of benzene rings is 1. The molecule has 1 aromatic rings. The summed E-state index contributed by atoms with van der Waals surface area (Å²) in [7, 11) is 0. The molecule has 5 nitrogen and oxygen atoms in total. The molecule has 1 amide bonds. The third-order valence-corrected chi connectivity index (χ3v) is 2.67. The van der Waals surface area contributed by atoms with Gasteiger partial charge in [-0.2, -0.15) is 8.78 Å². The van der Waals surface area contributed by atoms with Crippen molar-refractivity contribution in [3.63, 3.8) is 0 Å². The molecule has 0 unspecified atom stereocenters. The van der Waals surface area contributed by atoms with E-state index < -0.39 is 30.0 Å². The van der Waals surface area contributed by atoms with Gasteiger partial charge >= 0.3 is 18.0 Å². The van der Waals surface area contributed by atoms with Crippen molar-refractivity contribution in [3.8, 4) is 0 Å². The number of carbonyl (C=O) groups is 2. The van der Waals surface area contributed by atoms with Crippen molar-refractivity contribution in [2.24, 2.45) is 0 Å². The first-order valence-electron chi connectivity index (χ1n) is 6.30. The van der Waals surface area contributed by atoms with E-state index in [0.717, 1.165) is 0 Å². The van der Waals surface area contributed by atoms with Gasteiger partial charge in [0.1, 0.15) is 5.60 Å². The van der Waals surface area contributed by atoms with Crippen LogP contribution < -0.4 is 5.32 Å². The van der Waals surface area contributed by atoms with E-state index in [1.807, 2.05) is 0 Å². The van der Waals surface area contributed by atoms with Gasteiger partial charge in [-0.1, -0.05) is 17.7 Å². The quantitative estimate of drug-likeness (QED) is 0.873. The molecule has 0 fully saturated rings. The molecule has 122 valence electrons. The van der Waals surface area contributed by atoms with Crippen molar-refractivity contribution < 1.29 is 28.2 Å². The lowest BCUT2D eigenvalue weighted by molar-refractivity contribution is -0.164. The third-order valence-electron chi connectivity index (χ3n) is 2.43. The fourth-order valence-electron chi connectivity index (χ4n) is 1.55. The molecule has 0 radical (unpaired) electrons. The van der Waals surface area contributed by atoms with Gasteiger partial charge in [0.2, 0.25) is 0 Å². The van der Waals surface area contributed by atoms with Gasteiger partial charge in [-0.3, -0.25) is 5.32 Å². The van der Waals surface area contributed by atoms with Gasteiger partial charge in [0.05, 0.1) is 0 Å².